The van der Waals surface area contributed by atoms with Gasteiger partial charge in [-0.15, -0.1) is 0 Å². The number of rotatable bonds is 11. The van der Waals surface area contributed by atoms with Gasteiger partial charge in [0.1, 0.15) is 0 Å². The highest BCUT2D eigenvalue weighted by atomic mass is 19.4. The Kier molecular flexibility index (Phi) is 10.5. The highest BCUT2D eigenvalue weighted by molar-refractivity contribution is 5.95. The first-order chi connectivity index (χ1) is 21.7. The summed E-state index contributed by atoms with van der Waals surface area (Å²) in [6.45, 7) is 7.35. The van der Waals surface area contributed by atoms with E-state index in [4.69, 9.17) is 0 Å². The zero-order valence-electron chi connectivity index (χ0n) is 26.5. The Bertz CT molecular complexity index is 1740. The van der Waals surface area contributed by atoms with Gasteiger partial charge in [-0.3, -0.25) is 14.4 Å². The number of nitrogens with one attached hydrogen (secondary N) is 2. The van der Waals surface area contributed by atoms with Crippen LogP contribution in [-0.4, -0.2) is 39.5 Å². The second-order valence-corrected chi connectivity index (χ2v) is 12.2. The summed E-state index contributed by atoms with van der Waals surface area (Å²) in [6.07, 6.45) is 0.0171. The summed E-state index contributed by atoms with van der Waals surface area (Å²) in [5, 5.41) is 9.93. The van der Waals surface area contributed by atoms with E-state index in [9.17, 15) is 27.6 Å². The molecule has 0 unspecified atom stereocenters. The average molecular weight is 638 g/mol. The summed E-state index contributed by atoms with van der Waals surface area (Å²) in [5.41, 5.74) is 1.64. The Morgan fingerprint density at radius 2 is 1.59 bits per heavy atom. The van der Waals surface area contributed by atoms with E-state index in [2.05, 4.69) is 25.5 Å². The molecule has 4 aromatic rings. The van der Waals surface area contributed by atoms with E-state index in [-0.39, 0.29) is 35.2 Å². The van der Waals surface area contributed by atoms with Gasteiger partial charge in [0.25, 0.3) is 0 Å². The lowest BCUT2D eigenvalue weighted by atomic mass is 9.95. The first-order valence-electron chi connectivity index (χ1n) is 15.0. The summed E-state index contributed by atoms with van der Waals surface area (Å²) in [6, 6.07) is 12.2. The van der Waals surface area contributed by atoms with Gasteiger partial charge in [0, 0.05) is 40.8 Å². The van der Waals surface area contributed by atoms with Crippen LogP contribution >= 0.6 is 0 Å². The number of hydrogen-bond acceptors (Lipinski definition) is 6. The van der Waals surface area contributed by atoms with E-state index in [1.807, 2.05) is 45.9 Å². The molecule has 0 saturated heterocycles. The van der Waals surface area contributed by atoms with E-state index >= 15 is 0 Å². The quantitative estimate of drug-likeness (QED) is 0.128. The summed E-state index contributed by atoms with van der Waals surface area (Å²) < 4.78 is 48.6. The number of fused-ring (bicyclic) bond motifs is 1. The van der Waals surface area contributed by atoms with Crippen LogP contribution in [-0.2, 0) is 25.3 Å². The third kappa shape index (κ3) is 8.70. The summed E-state index contributed by atoms with van der Waals surface area (Å²) >= 11 is 0. The van der Waals surface area contributed by atoms with Gasteiger partial charge in [0.05, 0.1) is 30.3 Å². The summed E-state index contributed by atoms with van der Waals surface area (Å²) in [5.74, 6) is -0.812. The van der Waals surface area contributed by atoms with Crippen LogP contribution in [0.4, 0.5) is 24.5 Å². The maximum atomic E-state index is 14.2. The molecular formula is C34H38F3N5O4. The van der Waals surface area contributed by atoms with Crippen molar-refractivity contribution in [2.75, 3.05) is 17.7 Å². The Morgan fingerprint density at radius 1 is 0.870 bits per heavy atom. The number of benzene rings is 2. The molecule has 0 saturated carbocycles. The number of unbranched alkanes of at least 4 members (excludes halogenated alkanes) is 3. The lowest BCUT2D eigenvalue weighted by Gasteiger charge is -2.19. The van der Waals surface area contributed by atoms with Crippen molar-refractivity contribution in [3.63, 3.8) is 0 Å². The number of carbonyl (C=O) groups is 3. The molecule has 244 valence electrons. The van der Waals surface area contributed by atoms with E-state index in [1.54, 1.807) is 12.3 Å². The second kappa shape index (κ2) is 14.1. The van der Waals surface area contributed by atoms with Crippen LogP contribution in [0.5, 0.6) is 0 Å². The van der Waals surface area contributed by atoms with Crippen molar-refractivity contribution in [1.82, 2.24) is 14.6 Å². The Hall–Kier alpha value is -4.74. The highest BCUT2D eigenvalue weighted by Crippen LogP contribution is 2.38. The van der Waals surface area contributed by atoms with E-state index in [0.29, 0.717) is 48.3 Å². The number of anilines is 2. The van der Waals surface area contributed by atoms with Gasteiger partial charge in [-0.2, -0.15) is 18.3 Å². The average Bonchev–Trinajstić information content (AvgIpc) is 3.42. The van der Waals surface area contributed by atoms with Gasteiger partial charge in [-0.05, 0) is 55.7 Å². The fraction of sp³-hybridized carbons (Fsp3) is 0.382. The second-order valence-electron chi connectivity index (χ2n) is 12.2. The SMILES string of the molecule is COC(=O)CCCCCCC(=O)Nc1ccc(-c2ccc3nc(-c4ccc(C)c(NC(=O)C(C)(C)C)c4)cn3n2)c(C(F)(F)F)c1. The van der Waals surface area contributed by atoms with Gasteiger partial charge in [0.2, 0.25) is 11.8 Å². The third-order valence-corrected chi connectivity index (χ3v) is 7.43. The minimum absolute atomic E-state index is 0.0338. The van der Waals surface area contributed by atoms with E-state index in [1.165, 1.54) is 29.8 Å². The number of alkyl halides is 3. The molecule has 2 amide bonds. The van der Waals surface area contributed by atoms with Crippen molar-refractivity contribution in [2.24, 2.45) is 5.41 Å². The first-order valence-corrected chi connectivity index (χ1v) is 15.0. The van der Waals surface area contributed by atoms with Crippen LogP contribution in [0.1, 0.15) is 70.4 Å². The van der Waals surface area contributed by atoms with Crippen molar-refractivity contribution < 1.29 is 32.3 Å². The zero-order valence-corrected chi connectivity index (χ0v) is 26.5. The molecule has 2 aromatic heterocycles. The molecule has 46 heavy (non-hydrogen) atoms. The van der Waals surface area contributed by atoms with Crippen LogP contribution in [0.25, 0.3) is 28.2 Å². The molecule has 0 spiro atoms. The zero-order chi connectivity index (χ0) is 33.6. The monoisotopic (exact) mass is 637 g/mol. The normalized spacial score (nSPS) is 11.8. The molecule has 0 aliphatic heterocycles. The van der Waals surface area contributed by atoms with Gasteiger partial charge in [-0.25, -0.2) is 9.50 Å². The summed E-state index contributed by atoms with van der Waals surface area (Å²) in [7, 11) is 1.33. The number of imidazole rings is 1. The van der Waals surface area contributed by atoms with Crippen LogP contribution in [0.2, 0.25) is 0 Å². The topological polar surface area (TPSA) is 115 Å². The molecule has 0 aliphatic rings. The number of amides is 2. The molecule has 0 atom stereocenters. The maximum Gasteiger partial charge on any atom is 0.417 e. The first kappa shape index (κ1) is 34.1. The predicted octanol–water partition coefficient (Wildman–Crippen LogP) is 7.83. The number of methoxy groups -OCH3 is 1. The number of hydrogen-bond donors (Lipinski definition) is 2. The van der Waals surface area contributed by atoms with E-state index in [0.717, 1.165) is 18.1 Å². The molecular weight excluding hydrogens is 599 g/mol. The molecule has 9 nitrogen and oxygen atoms in total. The molecule has 0 fully saturated rings. The molecule has 0 bridgehead atoms. The Labute approximate surface area is 265 Å². The van der Waals surface area contributed by atoms with Crippen molar-refractivity contribution in [1.29, 1.82) is 0 Å². The van der Waals surface area contributed by atoms with Crippen molar-refractivity contribution in [2.45, 2.75) is 72.4 Å². The molecule has 2 N–H and O–H groups in total. The van der Waals surface area contributed by atoms with Crippen LogP contribution in [0.15, 0.2) is 54.7 Å². The van der Waals surface area contributed by atoms with Gasteiger partial charge >= 0.3 is 12.1 Å². The lowest BCUT2D eigenvalue weighted by molar-refractivity contribution is -0.140. The van der Waals surface area contributed by atoms with Crippen LogP contribution in [0.3, 0.4) is 0 Å². The standard InChI is InChI=1S/C34H38F3N5O4/c1-21-12-13-22(18-27(21)40-32(45)33(2,3)4)28-20-42-29(39-28)17-16-26(41-42)24-15-14-23(19-25(24)34(35,36)37)38-30(43)10-8-6-7-9-11-31(44)46-5/h12-20H,6-11H2,1-5H3,(H,38,43)(H,40,45). The largest absolute Gasteiger partial charge is 0.469 e. The van der Waals surface area contributed by atoms with Gasteiger partial charge in [0.15, 0.2) is 5.65 Å². The molecule has 12 heteroatoms. The Morgan fingerprint density at radius 3 is 2.26 bits per heavy atom. The minimum Gasteiger partial charge on any atom is -0.469 e. The van der Waals surface area contributed by atoms with E-state index < -0.39 is 23.1 Å². The molecule has 2 aromatic carbocycles. The van der Waals surface area contributed by atoms with Gasteiger partial charge < -0.3 is 15.4 Å². The molecule has 0 radical (unpaired) electrons. The maximum absolute atomic E-state index is 14.2. The number of nitrogens with zero attached hydrogens (tertiary/aromatic N) is 3. The predicted molar refractivity (Wildman–Crippen MR) is 170 cm³/mol. The number of halogens is 3. The summed E-state index contributed by atoms with van der Waals surface area (Å²) in [4.78, 5) is 40.7. The highest BCUT2D eigenvalue weighted by Gasteiger charge is 2.34. The minimum atomic E-state index is -4.71. The molecule has 2 heterocycles. The van der Waals surface area contributed by atoms with Crippen molar-refractivity contribution in [3.8, 4) is 22.5 Å². The fourth-order valence-corrected chi connectivity index (χ4v) is 4.70. The van der Waals surface area contributed by atoms with Crippen molar-refractivity contribution >= 4 is 34.8 Å². The van der Waals surface area contributed by atoms with Crippen LogP contribution < -0.4 is 10.6 Å². The third-order valence-electron chi connectivity index (χ3n) is 7.43. The number of esters is 1. The van der Waals surface area contributed by atoms with Gasteiger partial charge in [-0.1, -0.05) is 51.8 Å². The number of aryl methyl sites for hydroxylation is 1. The number of carbonyl (C=O) groups excluding carboxylic acids is 3. The molecule has 4 rings (SSSR count). The Balaban J connectivity index is 1.51. The van der Waals surface area contributed by atoms with Crippen molar-refractivity contribution in [3.05, 3.63) is 65.9 Å². The lowest BCUT2D eigenvalue weighted by Crippen LogP contribution is -2.27. The van der Waals surface area contributed by atoms with Crippen LogP contribution in [0, 0.1) is 12.3 Å². The molecule has 0 aliphatic carbocycles. The fourth-order valence-electron chi connectivity index (χ4n) is 4.70. The number of ether oxygens (including phenoxy) is 1. The number of aromatic nitrogens is 3. The smallest absolute Gasteiger partial charge is 0.417 e.